The van der Waals surface area contributed by atoms with Gasteiger partial charge in [0.15, 0.2) is 5.69 Å². The number of amides is 1. The number of sulfone groups is 1. The summed E-state index contributed by atoms with van der Waals surface area (Å²) in [6.07, 6.45) is 5.72. The average molecular weight is 337 g/mol. The SMILES string of the molecule is CS(=O)(=O)c1nc(C(=O)NCC2CCCCO2)c2ccccn12. The summed E-state index contributed by atoms with van der Waals surface area (Å²) in [5, 5.41) is 2.66. The van der Waals surface area contributed by atoms with Crippen LogP contribution in [0.3, 0.4) is 0 Å². The highest BCUT2D eigenvalue weighted by atomic mass is 32.2. The second-order valence-corrected chi connectivity index (χ2v) is 7.58. The quantitative estimate of drug-likeness (QED) is 0.900. The van der Waals surface area contributed by atoms with E-state index in [4.69, 9.17) is 4.74 Å². The maximum absolute atomic E-state index is 12.4. The van der Waals surface area contributed by atoms with Gasteiger partial charge >= 0.3 is 0 Å². The number of hydrogen-bond acceptors (Lipinski definition) is 5. The smallest absolute Gasteiger partial charge is 0.272 e. The molecule has 1 amide bonds. The summed E-state index contributed by atoms with van der Waals surface area (Å²) >= 11 is 0. The van der Waals surface area contributed by atoms with E-state index in [0.717, 1.165) is 25.5 Å². The number of ether oxygens (including phenoxy) is 1. The monoisotopic (exact) mass is 337 g/mol. The molecule has 124 valence electrons. The molecule has 1 aliphatic heterocycles. The van der Waals surface area contributed by atoms with Gasteiger partial charge in [0.2, 0.25) is 15.0 Å². The van der Waals surface area contributed by atoms with Crippen LogP contribution in [0.15, 0.2) is 29.6 Å². The zero-order valence-electron chi connectivity index (χ0n) is 12.9. The number of carbonyl (C=O) groups excluding carboxylic acids is 1. The van der Waals surface area contributed by atoms with Gasteiger partial charge in [-0.2, -0.15) is 0 Å². The number of imidazole rings is 1. The van der Waals surface area contributed by atoms with Crippen LogP contribution < -0.4 is 5.32 Å². The normalized spacial score (nSPS) is 18.9. The summed E-state index contributed by atoms with van der Waals surface area (Å²) in [5.74, 6) is -0.391. The van der Waals surface area contributed by atoms with Gasteiger partial charge in [0, 0.05) is 25.6 Å². The van der Waals surface area contributed by atoms with Gasteiger partial charge in [0.1, 0.15) is 0 Å². The van der Waals surface area contributed by atoms with E-state index in [1.54, 1.807) is 24.4 Å². The van der Waals surface area contributed by atoms with Crippen molar-refractivity contribution in [2.24, 2.45) is 0 Å². The minimum absolute atomic E-state index is 0.0101. The minimum atomic E-state index is -3.53. The summed E-state index contributed by atoms with van der Waals surface area (Å²) in [6.45, 7) is 1.12. The summed E-state index contributed by atoms with van der Waals surface area (Å²) < 4.78 is 30.7. The number of aromatic nitrogens is 2. The number of rotatable bonds is 4. The molecule has 0 radical (unpaired) electrons. The molecular weight excluding hydrogens is 318 g/mol. The largest absolute Gasteiger partial charge is 0.376 e. The molecule has 1 aliphatic rings. The van der Waals surface area contributed by atoms with Crippen LogP contribution in [0.25, 0.3) is 5.52 Å². The molecule has 2 aromatic rings. The summed E-state index contributed by atoms with van der Waals surface area (Å²) in [5.41, 5.74) is 0.580. The van der Waals surface area contributed by atoms with E-state index < -0.39 is 15.7 Å². The van der Waals surface area contributed by atoms with Gasteiger partial charge in [0.05, 0.1) is 11.6 Å². The second kappa shape index (κ2) is 6.29. The van der Waals surface area contributed by atoms with Gasteiger partial charge in [-0.05, 0) is 31.4 Å². The molecule has 1 fully saturated rings. The van der Waals surface area contributed by atoms with Gasteiger partial charge < -0.3 is 10.1 Å². The minimum Gasteiger partial charge on any atom is -0.376 e. The maximum atomic E-state index is 12.4. The van der Waals surface area contributed by atoms with Gasteiger partial charge in [0.25, 0.3) is 5.91 Å². The maximum Gasteiger partial charge on any atom is 0.272 e. The van der Waals surface area contributed by atoms with Gasteiger partial charge in [-0.25, -0.2) is 13.4 Å². The number of nitrogens with zero attached hydrogens (tertiary/aromatic N) is 2. The highest BCUT2D eigenvalue weighted by Gasteiger charge is 2.23. The van der Waals surface area contributed by atoms with Crippen molar-refractivity contribution in [3.05, 3.63) is 30.1 Å². The highest BCUT2D eigenvalue weighted by molar-refractivity contribution is 7.90. The molecule has 8 heteroatoms. The molecule has 1 unspecified atom stereocenters. The topological polar surface area (TPSA) is 89.8 Å². The first-order valence-corrected chi connectivity index (χ1v) is 9.43. The molecule has 23 heavy (non-hydrogen) atoms. The van der Waals surface area contributed by atoms with E-state index in [0.29, 0.717) is 18.7 Å². The van der Waals surface area contributed by atoms with Crippen molar-refractivity contribution < 1.29 is 17.9 Å². The Balaban J connectivity index is 1.85. The van der Waals surface area contributed by atoms with E-state index in [1.807, 2.05) is 0 Å². The Morgan fingerprint density at radius 3 is 2.96 bits per heavy atom. The van der Waals surface area contributed by atoms with Crippen molar-refractivity contribution in [3.8, 4) is 0 Å². The third kappa shape index (κ3) is 3.37. The molecule has 0 aromatic carbocycles. The van der Waals surface area contributed by atoms with Crippen LogP contribution in [-0.4, -0.2) is 49.2 Å². The molecule has 3 rings (SSSR count). The number of hydrogen-bond donors (Lipinski definition) is 1. The van der Waals surface area contributed by atoms with E-state index in [9.17, 15) is 13.2 Å². The molecule has 0 spiro atoms. The van der Waals surface area contributed by atoms with Crippen LogP contribution in [0.5, 0.6) is 0 Å². The van der Waals surface area contributed by atoms with E-state index in [-0.39, 0.29) is 17.0 Å². The standard InChI is InChI=1S/C15H19N3O4S/c1-23(20,21)15-17-13(12-7-2-4-8-18(12)15)14(19)16-10-11-6-3-5-9-22-11/h2,4,7-8,11H,3,5-6,9-10H2,1H3,(H,16,19). The molecule has 1 N–H and O–H groups in total. The first-order chi connectivity index (χ1) is 11.0. The summed E-state index contributed by atoms with van der Waals surface area (Å²) in [6, 6.07) is 5.11. The van der Waals surface area contributed by atoms with Crippen LogP contribution in [0.4, 0.5) is 0 Å². The Morgan fingerprint density at radius 1 is 1.43 bits per heavy atom. The number of pyridine rings is 1. The Labute approximate surface area is 134 Å². The molecule has 2 aromatic heterocycles. The molecule has 0 bridgehead atoms. The highest BCUT2D eigenvalue weighted by Crippen LogP contribution is 2.17. The van der Waals surface area contributed by atoms with Crippen molar-refractivity contribution in [3.63, 3.8) is 0 Å². The zero-order valence-corrected chi connectivity index (χ0v) is 13.7. The fourth-order valence-corrected chi connectivity index (χ4v) is 3.47. The van der Waals surface area contributed by atoms with Crippen LogP contribution in [0, 0.1) is 0 Å². The van der Waals surface area contributed by atoms with Crippen LogP contribution in [0.1, 0.15) is 29.8 Å². The molecule has 3 heterocycles. The van der Waals surface area contributed by atoms with Crippen LogP contribution >= 0.6 is 0 Å². The predicted octanol–water partition coefficient (Wildman–Crippen LogP) is 1.04. The Kier molecular flexibility index (Phi) is 4.36. The van der Waals surface area contributed by atoms with Crippen molar-refractivity contribution >= 4 is 21.3 Å². The summed E-state index contributed by atoms with van der Waals surface area (Å²) in [7, 11) is -3.53. The molecule has 1 atom stereocenters. The Bertz CT molecular complexity index is 822. The fraction of sp³-hybridized carbons (Fsp3) is 0.467. The predicted molar refractivity (Wildman–Crippen MR) is 84.2 cm³/mol. The van der Waals surface area contributed by atoms with Crippen LogP contribution in [-0.2, 0) is 14.6 Å². The molecule has 1 saturated heterocycles. The lowest BCUT2D eigenvalue weighted by Crippen LogP contribution is -2.35. The Hall–Kier alpha value is -1.93. The molecule has 0 aliphatic carbocycles. The zero-order chi connectivity index (χ0) is 16.4. The van der Waals surface area contributed by atoms with Crippen molar-refractivity contribution in [1.29, 1.82) is 0 Å². The van der Waals surface area contributed by atoms with Crippen LogP contribution in [0.2, 0.25) is 0 Å². The van der Waals surface area contributed by atoms with Crippen molar-refractivity contribution in [1.82, 2.24) is 14.7 Å². The molecular formula is C15H19N3O4S. The van der Waals surface area contributed by atoms with E-state index in [2.05, 4.69) is 10.3 Å². The van der Waals surface area contributed by atoms with Gasteiger partial charge in [-0.3, -0.25) is 9.20 Å². The van der Waals surface area contributed by atoms with Crippen molar-refractivity contribution in [2.75, 3.05) is 19.4 Å². The third-order valence-electron chi connectivity index (χ3n) is 3.83. The molecule has 7 nitrogen and oxygen atoms in total. The summed E-state index contributed by atoms with van der Waals surface area (Å²) in [4.78, 5) is 16.5. The van der Waals surface area contributed by atoms with Crippen molar-refractivity contribution in [2.45, 2.75) is 30.5 Å². The average Bonchev–Trinajstić information content (AvgIpc) is 2.93. The lowest BCUT2D eigenvalue weighted by Gasteiger charge is -2.22. The fourth-order valence-electron chi connectivity index (χ4n) is 2.70. The van der Waals surface area contributed by atoms with Gasteiger partial charge in [-0.1, -0.05) is 6.07 Å². The first-order valence-electron chi connectivity index (χ1n) is 7.54. The van der Waals surface area contributed by atoms with E-state index >= 15 is 0 Å². The number of fused-ring (bicyclic) bond motifs is 1. The lowest BCUT2D eigenvalue weighted by molar-refractivity contribution is 0.0168. The number of carbonyl (C=O) groups is 1. The first kappa shape index (κ1) is 15.9. The Morgan fingerprint density at radius 2 is 2.26 bits per heavy atom. The third-order valence-corrected chi connectivity index (χ3v) is 4.78. The number of nitrogens with one attached hydrogen (secondary N) is 1. The van der Waals surface area contributed by atoms with Gasteiger partial charge in [-0.15, -0.1) is 0 Å². The second-order valence-electron chi connectivity index (χ2n) is 5.67. The lowest BCUT2D eigenvalue weighted by atomic mass is 10.1. The molecule has 0 saturated carbocycles. The van der Waals surface area contributed by atoms with E-state index in [1.165, 1.54) is 4.40 Å².